The van der Waals surface area contributed by atoms with Gasteiger partial charge < -0.3 is 21.5 Å². The number of carboxylic acid groups (broad SMARTS) is 1. The fraction of sp³-hybridized carbons (Fsp3) is 0.769. The van der Waals surface area contributed by atoms with Crippen molar-refractivity contribution in [2.75, 3.05) is 6.54 Å². The van der Waals surface area contributed by atoms with Gasteiger partial charge in [-0.15, -0.1) is 0 Å². The first-order valence-electron chi connectivity index (χ1n) is 7.04. The summed E-state index contributed by atoms with van der Waals surface area (Å²) < 4.78 is 0. The number of carbonyl (C=O) groups excluding carboxylic acids is 2. The van der Waals surface area contributed by atoms with Crippen molar-refractivity contribution in [2.24, 2.45) is 17.6 Å². The van der Waals surface area contributed by atoms with Gasteiger partial charge >= 0.3 is 5.97 Å². The highest BCUT2D eigenvalue weighted by atomic mass is 16.4. The molecule has 2 amide bonds. The number of nitrogens with one attached hydrogen (secondary N) is 2. The molecule has 1 saturated carbocycles. The first-order chi connectivity index (χ1) is 9.47. The van der Waals surface area contributed by atoms with Gasteiger partial charge in [0, 0.05) is 12.5 Å². The molecule has 7 nitrogen and oxygen atoms in total. The summed E-state index contributed by atoms with van der Waals surface area (Å²) in [6.45, 7) is 0.560. The highest BCUT2D eigenvalue weighted by Crippen LogP contribution is 2.33. The molecule has 7 heteroatoms. The summed E-state index contributed by atoms with van der Waals surface area (Å²) >= 11 is 0. The van der Waals surface area contributed by atoms with Crippen LogP contribution in [0.25, 0.3) is 0 Å². The Hall–Kier alpha value is -1.63. The molecular formula is C13H21N3O4. The van der Waals surface area contributed by atoms with Crippen LogP contribution in [0.15, 0.2) is 0 Å². The molecule has 20 heavy (non-hydrogen) atoms. The van der Waals surface area contributed by atoms with Crippen LogP contribution in [0.1, 0.15) is 32.1 Å². The van der Waals surface area contributed by atoms with E-state index in [4.69, 9.17) is 10.8 Å². The molecule has 0 aromatic carbocycles. The minimum absolute atomic E-state index is 0.114. The summed E-state index contributed by atoms with van der Waals surface area (Å²) in [5, 5.41) is 14.3. The number of nitrogens with two attached hydrogens (primary N) is 1. The Morgan fingerprint density at radius 1 is 1.35 bits per heavy atom. The number of carboxylic acids is 1. The third kappa shape index (κ3) is 3.93. The van der Waals surface area contributed by atoms with Crippen LogP contribution in [-0.2, 0) is 14.4 Å². The minimum atomic E-state index is -1.13. The second-order valence-corrected chi connectivity index (χ2v) is 5.70. The minimum Gasteiger partial charge on any atom is -0.480 e. The van der Waals surface area contributed by atoms with Crippen molar-refractivity contribution in [3.8, 4) is 0 Å². The molecule has 0 radical (unpaired) electrons. The van der Waals surface area contributed by atoms with E-state index >= 15 is 0 Å². The van der Waals surface area contributed by atoms with Gasteiger partial charge in [-0.3, -0.25) is 9.59 Å². The van der Waals surface area contributed by atoms with Crippen LogP contribution in [0.5, 0.6) is 0 Å². The Balaban J connectivity index is 1.85. The fourth-order valence-corrected chi connectivity index (χ4v) is 2.47. The van der Waals surface area contributed by atoms with E-state index in [1.807, 2.05) is 0 Å². The topological polar surface area (TPSA) is 122 Å². The Morgan fingerprint density at radius 3 is 2.55 bits per heavy atom. The number of hydrogen-bond acceptors (Lipinski definition) is 4. The zero-order valence-electron chi connectivity index (χ0n) is 11.3. The number of carbonyl (C=O) groups is 3. The van der Waals surface area contributed by atoms with Gasteiger partial charge in [0.05, 0.1) is 6.04 Å². The summed E-state index contributed by atoms with van der Waals surface area (Å²) in [6.07, 6.45) is 3.49. The normalized spacial score (nSPS) is 24.9. The molecule has 1 aliphatic heterocycles. The molecule has 1 saturated heterocycles. The molecule has 0 spiro atoms. The van der Waals surface area contributed by atoms with E-state index in [1.54, 1.807) is 0 Å². The zero-order valence-corrected chi connectivity index (χ0v) is 11.3. The lowest BCUT2D eigenvalue weighted by molar-refractivity contribution is -0.142. The maximum absolute atomic E-state index is 11.9. The van der Waals surface area contributed by atoms with Gasteiger partial charge in [-0.1, -0.05) is 12.8 Å². The molecule has 5 N–H and O–H groups in total. The predicted octanol–water partition coefficient (Wildman–Crippen LogP) is -0.791. The van der Waals surface area contributed by atoms with Gasteiger partial charge in [0.2, 0.25) is 11.8 Å². The molecule has 1 aliphatic carbocycles. The van der Waals surface area contributed by atoms with Gasteiger partial charge in [-0.25, -0.2) is 4.79 Å². The van der Waals surface area contributed by atoms with Crippen LogP contribution in [0.4, 0.5) is 0 Å². The van der Waals surface area contributed by atoms with E-state index in [0.29, 0.717) is 25.3 Å². The number of hydrogen-bond donors (Lipinski definition) is 4. The largest absolute Gasteiger partial charge is 0.480 e. The Kier molecular flexibility index (Phi) is 4.59. The fourth-order valence-electron chi connectivity index (χ4n) is 2.47. The van der Waals surface area contributed by atoms with Crippen molar-refractivity contribution in [3.63, 3.8) is 0 Å². The van der Waals surface area contributed by atoms with Crippen LogP contribution in [0, 0.1) is 11.8 Å². The first-order valence-corrected chi connectivity index (χ1v) is 7.04. The molecule has 0 aromatic rings. The average molecular weight is 283 g/mol. The van der Waals surface area contributed by atoms with Crippen LogP contribution >= 0.6 is 0 Å². The van der Waals surface area contributed by atoms with Gasteiger partial charge in [0.15, 0.2) is 0 Å². The van der Waals surface area contributed by atoms with Crippen molar-refractivity contribution < 1.29 is 19.5 Å². The first kappa shape index (κ1) is 14.8. The van der Waals surface area contributed by atoms with E-state index in [9.17, 15) is 14.4 Å². The molecule has 3 atom stereocenters. The van der Waals surface area contributed by atoms with Crippen molar-refractivity contribution in [1.82, 2.24) is 10.6 Å². The maximum atomic E-state index is 11.9. The highest BCUT2D eigenvalue weighted by molar-refractivity contribution is 5.87. The van der Waals surface area contributed by atoms with Crippen LogP contribution < -0.4 is 16.4 Å². The summed E-state index contributed by atoms with van der Waals surface area (Å²) in [4.78, 5) is 34.5. The third-order valence-electron chi connectivity index (χ3n) is 3.92. The predicted molar refractivity (Wildman–Crippen MR) is 70.6 cm³/mol. The number of rotatable bonds is 7. The molecule has 2 aliphatic rings. The average Bonchev–Trinajstić information content (AvgIpc) is 3.11. The van der Waals surface area contributed by atoms with E-state index in [-0.39, 0.29) is 18.2 Å². The Labute approximate surface area is 117 Å². The quantitative estimate of drug-likeness (QED) is 0.488. The summed E-state index contributed by atoms with van der Waals surface area (Å²) in [5.41, 5.74) is 5.76. The van der Waals surface area contributed by atoms with E-state index < -0.39 is 24.0 Å². The van der Waals surface area contributed by atoms with Crippen LogP contribution in [0.3, 0.4) is 0 Å². The second-order valence-electron chi connectivity index (χ2n) is 5.70. The van der Waals surface area contributed by atoms with Gasteiger partial charge in [0.1, 0.15) is 6.04 Å². The lowest BCUT2D eigenvalue weighted by atomic mass is 9.98. The Morgan fingerprint density at radius 2 is 2.05 bits per heavy atom. The monoisotopic (exact) mass is 283 g/mol. The number of amides is 2. The van der Waals surface area contributed by atoms with E-state index in [2.05, 4.69) is 10.6 Å². The molecule has 0 aromatic heterocycles. The van der Waals surface area contributed by atoms with Gasteiger partial charge in [0.25, 0.3) is 0 Å². The molecule has 2 rings (SSSR count). The summed E-state index contributed by atoms with van der Waals surface area (Å²) in [5.74, 6) is -1.57. The molecule has 112 valence electrons. The highest BCUT2D eigenvalue weighted by Gasteiger charge is 2.33. The van der Waals surface area contributed by atoms with E-state index in [1.165, 1.54) is 0 Å². The molecule has 0 bridgehead atoms. The molecule has 2 fully saturated rings. The summed E-state index contributed by atoms with van der Waals surface area (Å²) in [6, 6.07) is -1.72. The summed E-state index contributed by atoms with van der Waals surface area (Å²) in [7, 11) is 0. The van der Waals surface area contributed by atoms with Crippen LogP contribution in [-0.4, -0.2) is 41.5 Å². The number of aliphatic carboxylic acids is 1. The lowest BCUT2D eigenvalue weighted by Crippen LogP contribution is -2.49. The van der Waals surface area contributed by atoms with Crippen molar-refractivity contribution in [2.45, 2.75) is 44.2 Å². The second kappa shape index (κ2) is 6.21. The lowest BCUT2D eigenvalue weighted by Gasteiger charge is -2.19. The van der Waals surface area contributed by atoms with Crippen molar-refractivity contribution in [1.29, 1.82) is 0 Å². The molecule has 1 heterocycles. The van der Waals surface area contributed by atoms with Crippen molar-refractivity contribution in [3.05, 3.63) is 0 Å². The van der Waals surface area contributed by atoms with E-state index in [0.717, 1.165) is 12.8 Å². The standard InChI is InChI=1S/C13H21N3O4/c14-9(5-7-1-2-7)12(18)16-10(13(19)20)6-8-3-4-15-11(8)17/h7-10H,1-6,14H2,(H,15,17)(H,16,18)(H,19,20)/t8-,9?,10?/m0/s1. The van der Waals surface area contributed by atoms with Gasteiger partial charge in [-0.2, -0.15) is 0 Å². The third-order valence-corrected chi connectivity index (χ3v) is 3.92. The maximum Gasteiger partial charge on any atom is 0.326 e. The Bertz CT molecular complexity index is 408. The van der Waals surface area contributed by atoms with Crippen LogP contribution in [0.2, 0.25) is 0 Å². The molecule has 2 unspecified atom stereocenters. The smallest absolute Gasteiger partial charge is 0.326 e. The van der Waals surface area contributed by atoms with Gasteiger partial charge in [-0.05, 0) is 25.2 Å². The van der Waals surface area contributed by atoms with Crippen molar-refractivity contribution >= 4 is 17.8 Å². The zero-order chi connectivity index (χ0) is 14.7. The molecular weight excluding hydrogens is 262 g/mol. The SMILES string of the molecule is NC(CC1CC1)C(=O)NC(C[C@@H]1CCNC1=O)C(=O)O.